The van der Waals surface area contributed by atoms with Crippen LogP contribution in [0.4, 0.5) is 0 Å². The number of aromatic nitrogens is 1. The largest absolute Gasteiger partial charge is 0.481 e. The van der Waals surface area contributed by atoms with E-state index in [0.29, 0.717) is 5.88 Å². The van der Waals surface area contributed by atoms with Gasteiger partial charge in [-0.05, 0) is 24.1 Å². The Bertz CT molecular complexity index is 372. The van der Waals surface area contributed by atoms with E-state index >= 15 is 0 Å². The summed E-state index contributed by atoms with van der Waals surface area (Å²) in [5.74, 6) is 0.635. The molecule has 0 aromatic carbocycles. The molecule has 4 nitrogen and oxygen atoms in total. The highest BCUT2D eigenvalue weighted by Crippen LogP contribution is 2.15. The molecule has 0 saturated carbocycles. The van der Waals surface area contributed by atoms with Gasteiger partial charge >= 0.3 is 0 Å². The molecule has 0 radical (unpaired) electrons. The Balaban J connectivity index is 2.09. The SMILES string of the molecule is COc1ccc(C=C2CC(N)CCN2)cn1. The maximum absolute atomic E-state index is 5.91. The molecule has 1 atom stereocenters. The van der Waals surface area contributed by atoms with Crippen LogP contribution in [0.5, 0.6) is 5.88 Å². The van der Waals surface area contributed by atoms with E-state index < -0.39 is 0 Å². The van der Waals surface area contributed by atoms with Crippen LogP contribution in [-0.2, 0) is 0 Å². The van der Waals surface area contributed by atoms with Crippen molar-refractivity contribution in [2.45, 2.75) is 18.9 Å². The van der Waals surface area contributed by atoms with Gasteiger partial charge in [0.15, 0.2) is 0 Å². The zero-order valence-corrected chi connectivity index (χ0v) is 9.44. The van der Waals surface area contributed by atoms with Gasteiger partial charge < -0.3 is 15.8 Å². The van der Waals surface area contributed by atoms with Crippen molar-refractivity contribution in [2.24, 2.45) is 5.73 Å². The van der Waals surface area contributed by atoms with Gasteiger partial charge in [-0.25, -0.2) is 4.98 Å². The number of nitrogens with one attached hydrogen (secondary N) is 1. The first kappa shape index (κ1) is 11.0. The monoisotopic (exact) mass is 219 g/mol. The third-order valence-electron chi connectivity index (χ3n) is 2.66. The normalized spacial score (nSPS) is 22.9. The lowest BCUT2D eigenvalue weighted by Crippen LogP contribution is -2.34. The minimum absolute atomic E-state index is 0.277. The maximum atomic E-state index is 5.91. The first-order valence-electron chi connectivity index (χ1n) is 5.48. The Labute approximate surface area is 95.5 Å². The Morgan fingerprint density at radius 1 is 1.56 bits per heavy atom. The van der Waals surface area contributed by atoms with Crippen molar-refractivity contribution >= 4 is 6.08 Å². The molecule has 1 aromatic heterocycles. The van der Waals surface area contributed by atoms with Crippen molar-refractivity contribution < 1.29 is 4.74 Å². The van der Waals surface area contributed by atoms with E-state index in [1.54, 1.807) is 13.3 Å². The summed E-state index contributed by atoms with van der Waals surface area (Å²) in [6.07, 6.45) is 5.84. The summed E-state index contributed by atoms with van der Waals surface area (Å²) in [7, 11) is 1.61. The molecule has 1 aliphatic rings. The maximum Gasteiger partial charge on any atom is 0.212 e. The fourth-order valence-corrected chi connectivity index (χ4v) is 1.78. The molecule has 1 aliphatic heterocycles. The van der Waals surface area contributed by atoms with Crippen LogP contribution in [0.25, 0.3) is 6.08 Å². The van der Waals surface area contributed by atoms with Crippen molar-refractivity contribution in [3.8, 4) is 5.88 Å². The molecule has 0 aliphatic carbocycles. The van der Waals surface area contributed by atoms with Crippen LogP contribution in [0, 0.1) is 0 Å². The molecule has 1 aromatic rings. The van der Waals surface area contributed by atoms with Gasteiger partial charge in [0.1, 0.15) is 0 Å². The molecule has 4 heteroatoms. The molecule has 1 unspecified atom stereocenters. The van der Waals surface area contributed by atoms with Gasteiger partial charge in [0.2, 0.25) is 5.88 Å². The summed E-state index contributed by atoms with van der Waals surface area (Å²) in [6.45, 7) is 0.955. The van der Waals surface area contributed by atoms with Crippen molar-refractivity contribution in [2.75, 3.05) is 13.7 Å². The fraction of sp³-hybridized carbons (Fsp3) is 0.417. The minimum Gasteiger partial charge on any atom is -0.481 e. The Morgan fingerprint density at radius 2 is 2.44 bits per heavy atom. The second-order valence-corrected chi connectivity index (χ2v) is 3.98. The zero-order chi connectivity index (χ0) is 11.4. The van der Waals surface area contributed by atoms with Gasteiger partial charge in [0.05, 0.1) is 7.11 Å². The number of piperidine rings is 1. The van der Waals surface area contributed by atoms with Crippen LogP contribution in [0.1, 0.15) is 18.4 Å². The molecule has 0 spiro atoms. The highest BCUT2D eigenvalue weighted by Gasteiger charge is 2.11. The van der Waals surface area contributed by atoms with Gasteiger partial charge in [-0.2, -0.15) is 0 Å². The van der Waals surface area contributed by atoms with E-state index in [1.807, 2.05) is 12.1 Å². The minimum atomic E-state index is 0.277. The third-order valence-corrected chi connectivity index (χ3v) is 2.66. The topological polar surface area (TPSA) is 60.2 Å². The summed E-state index contributed by atoms with van der Waals surface area (Å²) >= 11 is 0. The van der Waals surface area contributed by atoms with Crippen molar-refractivity contribution in [3.05, 3.63) is 29.6 Å². The number of pyridine rings is 1. The van der Waals surface area contributed by atoms with Gasteiger partial charge in [-0.15, -0.1) is 0 Å². The average Bonchev–Trinajstić information content (AvgIpc) is 2.30. The van der Waals surface area contributed by atoms with E-state index in [9.17, 15) is 0 Å². The predicted octanol–water partition coefficient (Wildman–Crippen LogP) is 1.14. The van der Waals surface area contributed by atoms with Crippen molar-refractivity contribution in [3.63, 3.8) is 0 Å². The zero-order valence-electron chi connectivity index (χ0n) is 9.44. The number of methoxy groups -OCH3 is 1. The number of nitrogens with two attached hydrogens (primary N) is 1. The number of hydrogen-bond donors (Lipinski definition) is 2. The molecule has 0 amide bonds. The van der Waals surface area contributed by atoms with Gasteiger partial charge in [0.25, 0.3) is 0 Å². The lowest BCUT2D eigenvalue weighted by atomic mass is 10.0. The number of nitrogens with zero attached hydrogens (tertiary/aromatic N) is 1. The smallest absolute Gasteiger partial charge is 0.212 e. The number of rotatable bonds is 2. The van der Waals surface area contributed by atoms with E-state index in [0.717, 1.165) is 24.9 Å². The predicted molar refractivity (Wildman–Crippen MR) is 64.0 cm³/mol. The van der Waals surface area contributed by atoms with Crippen LogP contribution in [-0.4, -0.2) is 24.7 Å². The van der Waals surface area contributed by atoms with Gasteiger partial charge in [-0.3, -0.25) is 0 Å². The summed E-state index contributed by atoms with van der Waals surface area (Å²) in [6, 6.07) is 4.12. The highest BCUT2D eigenvalue weighted by molar-refractivity contribution is 5.52. The average molecular weight is 219 g/mol. The summed E-state index contributed by atoms with van der Waals surface area (Å²) in [5, 5.41) is 3.35. The highest BCUT2D eigenvalue weighted by atomic mass is 16.5. The summed E-state index contributed by atoms with van der Waals surface area (Å²) in [4.78, 5) is 4.16. The quantitative estimate of drug-likeness (QED) is 0.783. The van der Waals surface area contributed by atoms with E-state index in [1.165, 1.54) is 5.70 Å². The fourth-order valence-electron chi connectivity index (χ4n) is 1.78. The summed E-state index contributed by atoms with van der Waals surface area (Å²) < 4.78 is 5.01. The molecule has 3 N–H and O–H groups in total. The number of hydrogen-bond acceptors (Lipinski definition) is 4. The van der Waals surface area contributed by atoms with Gasteiger partial charge in [-0.1, -0.05) is 0 Å². The molecule has 0 bridgehead atoms. The molecule has 86 valence electrons. The number of ether oxygens (including phenoxy) is 1. The van der Waals surface area contributed by atoms with Crippen molar-refractivity contribution in [1.82, 2.24) is 10.3 Å². The first-order chi connectivity index (χ1) is 7.78. The third kappa shape index (κ3) is 2.73. The standard InChI is InChI=1S/C12H17N3O/c1-16-12-3-2-9(8-15-12)6-11-7-10(13)4-5-14-11/h2-3,6,8,10,14H,4-5,7,13H2,1H3. The molecule has 1 fully saturated rings. The molecule has 1 saturated heterocycles. The lowest BCUT2D eigenvalue weighted by Gasteiger charge is -2.22. The summed E-state index contributed by atoms with van der Waals surface area (Å²) in [5.41, 5.74) is 8.16. The van der Waals surface area contributed by atoms with E-state index in [4.69, 9.17) is 10.5 Å². The van der Waals surface area contributed by atoms with Crippen LogP contribution in [0.15, 0.2) is 24.0 Å². The van der Waals surface area contributed by atoms with Crippen LogP contribution < -0.4 is 15.8 Å². The molecular formula is C12H17N3O. The van der Waals surface area contributed by atoms with Crippen LogP contribution in [0.2, 0.25) is 0 Å². The van der Waals surface area contributed by atoms with Crippen LogP contribution in [0.3, 0.4) is 0 Å². The Kier molecular flexibility index (Phi) is 3.41. The van der Waals surface area contributed by atoms with E-state index in [-0.39, 0.29) is 6.04 Å². The molecule has 16 heavy (non-hydrogen) atoms. The van der Waals surface area contributed by atoms with Crippen molar-refractivity contribution in [1.29, 1.82) is 0 Å². The Morgan fingerprint density at radius 3 is 3.06 bits per heavy atom. The first-order valence-corrected chi connectivity index (χ1v) is 5.48. The molecule has 2 rings (SSSR count). The lowest BCUT2D eigenvalue weighted by molar-refractivity contribution is 0.398. The second-order valence-electron chi connectivity index (χ2n) is 3.98. The van der Waals surface area contributed by atoms with E-state index in [2.05, 4.69) is 16.4 Å². The Hall–Kier alpha value is -1.55. The molecule has 2 heterocycles. The molecular weight excluding hydrogens is 202 g/mol. The van der Waals surface area contributed by atoms with Crippen LogP contribution >= 0.6 is 0 Å². The van der Waals surface area contributed by atoms with Gasteiger partial charge in [0, 0.05) is 37.0 Å². The second kappa shape index (κ2) is 4.99.